The van der Waals surface area contributed by atoms with Gasteiger partial charge in [-0.25, -0.2) is 13.8 Å². The molecule has 1 aromatic heterocycles. The highest BCUT2D eigenvalue weighted by molar-refractivity contribution is 7.09. The van der Waals surface area contributed by atoms with Gasteiger partial charge >= 0.3 is 0 Å². The van der Waals surface area contributed by atoms with Crippen molar-refractivity contribution in [2.45, 2.75) is 32.7 Å². The fourth-order valence-corrected chi connectivity index (χ4v) is 2.67. The lowest BCUT2D eigenvalue weighted by atomic mass is 10.0. The number of hydrogen-bond acceptors (Lipinski definition) is 3. The molecule has 1 heterocycles. The highest BCUT2D eigenvalue weighted by Gasteiger charge is 2.20. The summed E-state index contributed by atoms with van der Waals surface area (Å²) in [5.41, 5.74) is 0.611. The first-order valence-corrected chi connectivity index (χ1v) is 7.57. The van der Waals surface area contributed by atoms with Crippen molar-refractivity contribution in [3.8, 4) is 0 Å². The molecule has 21 heavy (non-hydrogen) atoms. The van der Waals surface area contributed by atoms with Gasteiger partial charge in [-0.3, -0.25) is 4.79 Å². The fraction of sp³-hybridized carbons (Fsp3) is 0.333. The summed E-state index contributed by atoms with van der Waals surface area (Å²) in [6.45, 7) is 3.75. The van der Waals surface area contributed by atoms with Crippen LogP contribution in [0.4, 0.5) is 8.78 Å². The van der Waals surface area contributed by atoms with Crippen LogP contribution < -0.4 is 5.32 Å². The van der Waals surface area contributed by atoms with Gasteiger partial charge in [0.2, 0.25) is 0 Å². The molecule has 0 aliphatic rings. The van der Waals surface area contributed by atoms with Crippen molar-refractivity contribution in [2.75, 3.05) is 0 Å². The summed E-state index contributed by atoms with van der Waals surface area (Å²) in [7, 11) is 0. The lowest BCUT2D eigenvalue weighted by Crippen LogP contribution is -2.29. The average molecular weight is 310 g/mol. The minimum Gasteiger partial charge on any atom is -0.344 e. The van der Waals surface area contributed by atoms with E-state index in [0.29, 0.717) is 17.7 Å². The van der Waals surface area contributed by atoms with Crippen LogP contribution in [0.5, 0.6) is 0 Å². The Morgan fingerprint density at radius 1 is 1.43 bits per heavy atom. The molecule has 0 saturated heterocycles. The number of aryl methyl sites for hydroxylation is 1. The zero-order chi connectivity index (χ0) is 15.4. The van der Waals surface area contributed by atoms with Gasteiger partial charge in [-0.05, 0) is 19.4 Å². The van der Waals surface area contributed by atoms with Crippen LogP contribution in [0.15, 0.2) is 23.6 Å². The molecule has 112 valence electrons. The van der Waals surface area contributed by atoms with Crippen LogP contribution in [0.25, 0.3) is 0 Å². The molecular weight excluding hydrogens is 294 g/mol. The topological polar surface area (TPSA) is 42.0 Å². The summed E-state index contributed by atoms with van der Waals surface area (Å²) >= 11 is 1.38. The molecule has 0 saturated carbocycles. The van der Waals surface area contributed by atoms with E-state index in [1.165, 1.54) is 23.5 Å². The molecule has 3 nitrogen and oxygen atoms in total. The van der Waals surface area contributed by atoms with E-state index in [-0.39, 0.29) is 5.91 Å². The fourth-order valence-electron chi connectivity index (χ4n) is 2.08. The van der Waals surface area contributed by atoms with E-state index in [4.69, 9.17) is 0 Å². The van der Waals surface area contributed by atoms with Crippen molar-refractivity contribution in [1.82, 2.24) is 10.3 Å². The molecule has 1 atom stereocenters. The van der Waals surface area contributed by atoms with E-state index in [0.717, 1.165) is 17.5 Å². The zero-order valence-electron chi connectivity index (χ0n) is 11.8. The number of carbonyl (C=O) groups excluding carboxylic acids is 1. The molecule has 0 unspecified atom stereocenters. The summed E-state index contributed by atoms with van der Waals surface area (Å²) in [6, 6.07) is 2.90. The molecule has 0 aliphatic carbocycles. The molecular formula is C15H16F2N2OS. The first-order valence-electron chi connectivity index (χ1n) is 6.69. The Balaban J connectivity index is 2.20. The lowest BCUT2D eigenvalue weighted by molar-refractivity contribution is 0.0929. The van der Waals surface area contributed by atoms with E-state index in [1.807, 2.05) is 13.8 Å². The smallest absolute Gasteiger partial charge is 0.271 e. The SMILES string of the molecule is CCC[C@@H](NC(=O)c1csc(C)n1)c1ccc(F)cc1F. The monoisotopic (exact) mass is 310 g/mol. The third kappa shape index (κ3) is 3.85. The highest BCUT2D eigenvalue weighted by Crippen LogP contribution is 2.23. The molecule has 1 aromatic carbocycles. The van der Waals surface area contributed by atoms with Crippen molar-refractivity contribution in [1.29, 1.82) is 0 Å². The second-order valence-electron chi connectivity index (χ2n) is 4.73. The van der Waals surface area contributed by atoms with Gasteiger partial charge in [0.25, 0.3) is 5.91 Å². The zero-order valence-corrected chi connectivity index (χ0v) is 12.6. The van der Waals surface area contributed by atoms with E-state index in [2.05, 4.69) is 10.3 Å². The predicted molar refractivity (Wildman–Crippen MR) is 78.3 cm³/mol. The maximum Gasteiger partial charge on any atom is 0.271 e. The number of carbonyl (C=O) groups is 1. The second kappa shape index (κ2) is 6.76. The van der Waals surface area contributed by atoms with Gasteiger partial charge < -0.3 is 5.32 Å². The van der Waals surface area contributed by atoms with Crippen molar-refractivity contribution < 1.29 is 13.6 Å². The molecule has 2 rings (SSSR count). The van der Waals surface area contributed by atoms with Gasteiger partial charge in [0.1, 0.15) is 17.3 Å². The minimum absolute atomic E-state index is 0.290. The number of thiazole rings is 1. The van der Waals surface area contributed by atoms with Gasteiger partial charge in [0, 0.05) is 17.0 Å². The number of benzene rings is 1. The highest BCUT2D eigenvalue weighted by atomic mass is 32.1. The van der Waals surface area contributed by atoms with Crippen molar-refractivity contribution in [3.63, 3.8) is 0 Å². The van der Waals surface area contributed by atoms with Crippen LogP contribution in [0.1, 0.15) is 46.9 Å². The molecule has 0 radical (unpaired) electrons. The normalized spacial score (nSPS) is 12.2. The van der Waals surface area contributed by atoms with Crippen molar-refractivity contribution in [3.05, 3.63) is 51.5 Å². The van der Waals surface area contributed by atoms with Gasteiger partial charge in [0.05, 0.1) is 11.0 Å². The summed E-state index contributed by atoms with van der Waals surface area (Å²) in [6.07, 6.45) is 1.33. The summed E-state index contributed by atoms with van der Waals surface area (Å²) in [5, 5.41) is 5.22. The van der Waals surface area contributed by atoms with Gasteiger partial charge in [-0.1, -0.05) is 19.4 Å². The van der Waals surface area contributed by atoms with Crippen molar-refractivity contribution in [2.24, 2.45) is 0 Å². The number of halogens is 2. The van der Waals surface area contributed by atoms with Gasteiger partial charge in [0.15, 0.2) is 0 Å². The third-order valence-electron chi connectivity index (χ3n) is 3.07. The summed E-state index contributed by atoms with van der Waals surface area (Å²) in [5.74, 6) is -1.63. The van der Waals surface area contributed by atoms with Crippen LogP contribution in [0.2, 0.25) is 0 Å². The second-order valence-corrected chi connectivity index (χ2v) is 5.79. The van der Waals surface area contributed by atoms with Gasteiger partial charge in [-0.2, -0.15) is 0 Å². The molecule has 0 bridgehead atoms. The number of nitrogens with one attached hydrogen (secondary N) is 1. The maximum atomic E-state index is 13.9. The molecule has 0 fully saturated rings. The lowest BCUT2D eigenvalue weighted by Gasteiger charge is -2.18. The molecule has 6 heteroatoms. The number of aromatic nitrogens is 1. The van der Waals surface area contributed by atoms with Gasteiger partial charge in [-0.15, -0.1) is 11.3 Å². The number of amides is 1. The Kier molecular flexibility index (Phi) is 5.01. The Hall–Kier alpha value is -1.82. The molecule has 2 aromatic rings. The maximum absolute atomic E-state index is 13.9. The van der Waals surface area contributed by atoms with Crippen LogP contribution in [-0.4, -0.2) is 10.9 Å². The number of hydrogen-bond donors (Lipinski definition) is 1. The Morgan fingerprint density at radius 2 is 2.19 bits per heavy atom. The molecule has 0 aliphatic heterocycles. The van der Waals surface area contributed by atoms with E-state index in [1.54, 1.807) is 5.38 Å². The Labute approximate surface area is 126 Å². The Morgan fingerprint density at radius 3 is 2.76 bits per heavy atom. The number of nitrogens with zero attached hydrogens (tertiary/aromatic N) is 1. The molecule has 1 amide bonds. The largest absolute Gasteiger partial charge is 0.344 e. The van der Waals surface area contributed by atoms with Crippen LogP contribution in [0.3, 0.4) is 0 Å². The van der Waals surface area contributed by atoms with Crippen molar-refractivity contribution >= 4 is 17.2 Å². The van der Waals surface area contributed by atoms with E-state index >= 15 is 0 Å². The molecule has 0 spiro atoms. The number of rotatable bonds is 5. The summed E-state index contributed by atoms with van der Waals surface area (Å²) < 4.78 is 26.9. The quantitative estimate of drug-likeness (QED) is 0.907. The Bertz CT molecular complexity index is 642. The predicted octanol–water partition coefficient (Wildman–Crippen LogP) is 4.00. The molecule has 1 N–H and O–H groups in total. The van der Waals surface area contributed by atoms with E-state index in [9.17, 15) is 13.6 Å². The minimum atomic E-state index is -0.650. The first kappa shape index (κ1) is 15.6. The van der Waals surface area contributed by atoms with Crippen LogP contribution in [-0.2, 0) is 0 Å². The van der Waals surface area contributed by atoms with Crippen LogP contribution in [0, 0.1) is 18.6 Å². The standard InChI is InChI=1S/C15H16F2N2OS/c1-3-4-13(11-6-5-10(16)7-12(11)17)19-15(20)14-8-21-9(2)18-14/h5-8,13H,3-4H2,1-2H3,(H,19,20)/t13-/m1/s1. The summed E-state index contributed by atoms with van der Waals surface area (Å²) in [4.78, 5) is 16.2. The first-order chi connectivity index (χ1) is 10.0. The van der Waals surface area contributed by atoms with E-state index < -0.39 is 17.7 Å². The average Bonchev–Trinajstić information content (AvgIpc) is 2.85. The van der Waals surface area contributed by atoms with Crippen LogP contribution >= 0.6 is 11.3 Å². The third-order valence-corrected chi connectivity index (χ3v) is 3.85.